The van der Waals surface area contributed by atoms with Crippen molar-refractivity contribution in [1.29, 1.82) is 0 Å². The lowest BCUT2D eigenvalue weighted by Gasteiger charge is -2.28. The molecule has 17 heavy (non-hydrogen) atoms. The summed E-state index contributed by atoms with van der Waals surface area (Å²) in [5, 5.41) is 11.8. The van der Waals surface area contributed by atoms with E-state index < -0.39 is 12.0 Å². The second kappa shape index (κ2) is 5.19. The minimum atomic E-state index is -0.779. The van der Waals surface area contributed by atoms with Crippen LogP contribution in [-0.2, 0) is 4.79 Å². The number of piperidine rings is 1. The van der Waals surface area contributed by atoms with E-state index in [0.29, 0.717) is 13.0 Å². The number of carbonyl (C=O) groups is 1. The number of nitrogens with one attached hydrogen (secondary N) is 1. The fourth-order valence-corrected chi connectivity index (χ4v) is 2.02. The third-order valence-electron chi connectivity index (χ3n) is 2.96. The number of aliphatic carboxylic acids is 1. The van der Waals surface area contributed by atoms with Crippen molar-refractivity contribution in [2.75, 3.05) is 6.54 Å². The highest BCUT2D eigenvalue weighted by Gasteiger charge is 2.26. The Labute approximate surface area is 101 Å². The van der Waals surface area contributed by atoms with Gasteiger partial charge < -0.3 is 15.2 Å². The monoisotopic (exact) mass is 235 g/mol. The summed E-state index contributed by atoms with van der Waals surface area (Å²) in [6.07, 6.45) is 1.45. The fraction of sp³-hybridized carbons (Fsp3) is 0.462. The largest absolute Gasteiger partial charge is 0.489 e. The molecule has 0 bridgehead atoms. The molecule has 0 amide bonds. The first-order valence-corrected chi connectivity index (χ1v) is 5.84. The molecule has 0 aliphatic carbocycles. The molecule has 4 nitrogen and oxygen atoms in total. The summed E-state index contributed by atoms with van der Waals surface area (Å²) in [7, 11) is 0. The predicted octanol–water partition coefficient (Wildman–Crippen LogP) is 1.58. The highest BCUT2D eigenvalue weighted by Crippen LogP contribution is 2.18. The Kier molecular flexibility index (Phi) is 3.64. The molecule has 0 radical (unpaired) electrons. The lowest BCUT2D eigenvalue weighted by atomic mass is 10.0. The molecule has 2 atom stereocenters. The van der Waals surface area contributed by atoms with Crippen LogP contribution in [0.2, 0.25) is 0 Å². The zero-order chi connectivity index (χ0) is 12.3. The molecule has 1 aromatic carbocycles. The van der Waals surface area contributed by atoms with Crippen LogP contribution in [0.3, 0.4) is 0 Å². The van der Waals surface area contributed by atoms with Crippen molar-refractivity contribution in [3.8, 4) is 5.75 Å². The van der Waals surface area contributed by atoms with E-state index in [1.807, 2.05) is 31.2 Å². The molecular formula is C13H17NO3. The zero-order valence-electron chi connectivity index (χ0n) is 9.85. The summed E-state index contributed by atoms with van der Waals surface area (Å²) in [5.74, 6) is 0.0737. The van der Waals surface area contributed by atoms with Crippen LogP contribution in [0.1, 0.15) is 18.4 Å². The van der Waals surface area contributed by atoms with Gasteiger partial charge in [-0.3, -0.25) is 4.79 Å². The van der Waals surface area contributed by atoms with Crippen LogP contribution in [0.15, 0.2) is 24.3 Å². The van der Waals surface area contributed by atoms with Gasteiger partial charge in [-0.1, -0.05) is 12.1 Å². The Balaban J connectivity index is 1.88. The van der Waals surface area contributed by atoms with Crippen molar-refractivity contribution in [2.24, 2.45) is 0 Å². The number of aryl methyl sites for hydroxylation is 1. The Morgan fingerprint density at radius 1 is 1.47 bits per heavy atom. The molecule has 2 N–H and O–H groups in total. The van der Waals surface area contributed by atoms with Crippen molar-refractivity contribution >= 4 is 5.97 Å². The topological polar surface area (TPSA) is 58.6 Å². The molecule has 2 unspecified atom stereocenters. The van der Waals surface area contributed by atoms with Crippen molar-refractivity contribution in [3.05, 3.63) is 29.8 Å². The van der Waals surface area contributed by atoms with E-state index in [9.17, 15) is 4.79 Å². The van der Waals surface area contributed by atoms with E-state index in [1.165, 1.54) is 0 Å². The molecule has 1 aromatic rings. The van der Waals surface area contributed by atoms with Crippen molar-refractivity contribution in [2.45, 2.75) is 31.9 Å². The summed E-state index contributed by atoms with van der Waals surface area (Å²) in [6.45, 7) is 2.61. The van der Waals surface area contributed by atoms with Crippen molar-refractivity contribution in [1.82, 2.24) is 5.32 Å². The van der Waals surface area contributed by atoms with Gasteiger partial charge in [-0.25, -0.2) is 0 Å². The summed E-state index contributed by atoms with van der Waals surface area (Å²) < 4.78 is 5.81. The first-order valence-electron chi connectivity index (χ1n) is 5.84. The number of hydrogen-bond donors (Lipinski definition) is 2. The molecule has 0 aromatic heterocycles. The maximum absolute atomic E-state index is 10.8. The molecule has 92 valence electrons. The van der Waals surface area contributed by atoms with Crippen molar-refractivity contribution in [3.63, 3.8) is 0 Å². The number of carboxylic acid groups (broad SMARTS) is 1. The van der Waals surface area contributed by atoms with Gasteiger partial charge in [0, 0.05) is 6.54 Å². The Morgan fingerprint density at radius 2 is 2.29 bits per heavy atom. The van der Waals surface area contributed by atoms with E-state index in [-0.39, 0.29) is 6.10 Å². The highest BCUT2D eigenvalue weighted by molar-refractivity contribution is 5.73. The SMILES string of the molecule is Cc1cccc(OC2CCC(C(=O)O)NC2)c1. The normalized spacial score (nSPS) is 24.3. The second-order valence-electron chi connectivity index (χ2n) is 4.43. The van der Waals surface area contributed by atoms with Gasteiger partial charge >= 0.3 is 5.97 Å². The van der Waals surface area contributed by atoms with E-state index >= 15 is 0 Å². The van der Waals surface area contributed by atoms with Gasteiger partial charge in [0.15, 0.2) is 0 Å². The molecule has 1 fully saturated rings. The number of rotatable bonds is 3. The fourth-order valence-electron chi connectivity index (χ4n) is 2.02. The smallest absolute Gasteiger partial charge is 0.320 e. The maximum Gasteiger partial charge on any atom is 0.320 e. The predicted molar refractivity (Wildman–Crippen MR) is 64.3 cm³/mol. The summed E-state index contributed by atoms with van der Waals surface area (Å²) in [5.41, 5.74) is 1.16. The highest BCUT2D eigenvalue weighted by atomic mass is 16.5. The number of ether oxygens (including phenoxy) is 1. The molecule has 1 aliphatic rings. The van der Waals surface area contributed by atoms with Crippen LogP contribution in [0.4, 0.5) is 0 Å². The minimum Gasteiger partial charge on any atom is -0.489 e. The number of hydrogen-bond acceptors (Lipinski definition) is 3. The summed E-state index contributed by atoms with van der Waals surface area (Å²) >= 11 is 0. The van der Waals surface area contributed by atoms with Crippen LogP contribution >= 0.6 is 0 Å². The molecule has 0 spiro atoms. The van der Waals surface area contributed by atoms with Crippen LogP contribution in [0.25, 0.3) is 0 Å². The molecular weight excluding hydrogens is 218 g/mol. The van der Waals surface area contributed by atoms with Gasteiger partial charge in [0.2, 0.25) is 0 Å². The Morgan fingerprint density at radius 3 is 2.88 bits per heavy atom. The number of benzene rings is 1. The van der Waals surface area contributed by atoms with Gasteiger partial charge in [-0.15, -0.1) is 0 Å². The van der Waals surface area contributed by atoms with Crippen LogP contribution in [0, 0.1) is 6.92 Å². The van der Waals surface area contributed by atoms with Crippen LogP contribution in [-0.4, -0.2) is 29.8 Å². The first kappa shape index (κ1) is 11.9. The van der Waals surface area contributed by atoms with Gasteiger partial charge in [-0.2, -0.15) is 0 Å². The van der Waals surface area contributed by atoms with Crippen LogP contribution < -0.4 is 10.1 Å². The molecule has 2 rings (SSSR count). The minimum absolute atomic E-state index is 0.0624. The van der Waals surface area contributed by atoms with Crippen LogP contribution in [0.5, 0.6) is 5.75 Å². The summed E-state index contributed by atoms with van der Waals surface area (Å²) in [4.78, 5) is 10.8. The third kappa shape index (κ3) is 3.20. The van der Waals surface area contributed by atoms with E-state index in [0.717, 1.165) is 17.7 Å². The summed E-state index contributed by atoms with van der Waals surface area (Å²) in [6, 6.07) is 7.47. The van der Waals surface area contributed by atoms with E-state index in [2.05, 4.69) is 5.32 Å². The average molecular weight is 235 g/mol. The molecule has 4 heteroatoms. The lowest BCUT2D eigenvalue weighted by Crippen LogP contribution is -2.47. The Hall–Kier alpha value is -1.55. The molecule has 1 saturated heterocycles. The zero-order valence-corrected chi connectivity index (χ0v) is 9.85. The Bertz CT molecular complexity index is 397. The van der Waals surface area contributed by atoms with Crippen molar-refractivity contribution < 1.29 is 14.6 Å². The average Bonchev–Trinajstić information content (AvgIpc) is 2.29. The number of carboxylic acids is 1. The second-order valence-corrected chi connectivity index (χ2v) is 4.43. The molecule has 1 aliphatic heterocycles. The first-order chi connectivity index (χ1) is 8.15. The lowest BCUT2D eigenvalue weighted by molar-refractivity contribution is -0.140. The van der Waals surface area contributed by atoms with E-state index in [1.54, 1.807) is 0 Å². The quantitative estimate of drug-likeness (QED) is 0.835. The molecule has 1 heterocycles. The van der Waals surface area contributed by atoms with E-state index in [4.69, 9.17) is 9.84 Å². The van der Waals surface area contributed by atoms with Gasteiger partial charge in [0.05, 0.1) is 0 Å². The third-order valence-corrected chi connectivity index (χ3v) is 2.96. The van der Waals surface area contributed by atoms with Gasteiger partial charge in [0.1, 0.15) is 17.9 Å². The standard InChI is InChI=1S/C13H17NO3/c1-9-3-2-4-10(7-9)17-11-5-6-12(13(15)16)14-8-11/h2-4,7,11-12,14H,5-6,8H2,1H3,(H,15,16). The van der Waals surface area contributed by atoms with Gasteiger partial charge in [-0.05, 0) is 37.5 Å². The van der Waals surface area contributed by atoms with Gasteiger partial charge in [0.25, 0.3) is 0 Å². The maximum atomic E-state index is 10.8. The molecule has 0 saturated carbocycles.